The lowest BCUT2D eigenvalue weighted by Gasteiger charge is -2.50. The molecule has 0 radical (unpaired) electrons. The van der Waals surface area contributed by atoms with Crippen molar-refractivity contribution >= 4 is 12.3 Å². The fourth-order valence-electron chi connectivity index (χ4n) is 9.10. The van der Waals surface area contributed by atoms with E-state index in [-0.39, 0.29) is 30.9 Å². The summed E-state index contributed by atoms with van der Waals surface area (Å²) >= 11 is 0. The van der Waals surface area contributed by atoms with Gasteiger partial charge in [0.25, 0.3) is 0 Å². The topological polar surface area (TPSA) is 195 Å². The van der Waals surface area contributed by atoms with Gasteiger partial charge in [-0.2, -0.15) is 0 Å². The number of likely N-dealkylation sites (N-methyl/N-ethyl adjacent to an activating group) is 2. The van der Waals surface area contributed by atoms with Crippen molar-refractivity contribution in [2.75, 3.05) is 35.3 Å². The zero-order chi connectivity index (χ0) is 43.8. The highest BCUT2D eigenvalue weighted by Crippen LogP contribution is 2.37. The molecule has 0 bridgehead atoms. The summed E-state index contributed by atoms with van der Waals surface area (Å²) in [4.78, 5) is 29.5. The molecule has 19 atom stereocenters. The molecular formula is C43H74N2O14. The number of hydrogen-bond acceptors (Lipinski definition) is 16. The molecule has 16 heteroatoms. The predicted octanol–water partition coefficient (Wildman–Crippen LogP) is 2.33. The van der Waals surface area contributed by atoms with Crippen molar-refractivity contribution in [3.63, 3.8) is 0 Å². The lowest BCUT2D eigenvalue weighted by Crippen LogP contribution is -2.65. The Morgan fingerprint density at radius 3 is 2.17 bits per heavy atom. The highest BCUT2D eigenvalue weighted by Gasteiger charge is 2.52. The number of aliphatic hydroxyl groups is 4. The van der Waals surface area contributed by atoms with Gasteiger partial charge < -0.3 is 72.9 Å². The second kappa shape index (κ2) is 22.5. The van der Waals surface area contributed by atoms with Gasteiger partial charge in [0.2, 0.25) is 0 Å². The highest BCUT2D eigenvalue weighted by molar-refractivity contribution is 5.70. The lowest BCUT2D eigenvalue weighted by molar-refractivity contribution is -0.344. The van der Waals surface area contributed by atoms with Gasteiger partial charge >= 0.3 is 5.97 Å². The molecule has 0 amide bonds. The van der Waals surface area contributed by atoms with E-state index in [0.717, 1.165) is 12.7 Å². The molecule has 3 fully saturated rings. The number of esters is 1. The Bertz CT molecular complexity index is 1370. The highest BCUT2D eigenvalue weighted by atomic mass is 16.7. The normalized spacial score (nSPS) is 45.8. The second-order valence-electron chi connectivity index (χ2n) is 17.8. The zero-order valence-electron chi connectivity index (χ0n) is 37.0. The maximum Gasteiger partial charge on any atom is 0.308 e. The number of aliphatic hydroxyl groups excluding tert-OH is 3. The minimum atomic E-state index is -1.47. The number of hydrogen-bond donors (Lipinski definition) is 4. The molecular weight excluding hydrogens is 768 g/mol. The Morgan fingerprint density at radius 1 is 0.864 bits per heavy atom. The molecule has 2 unspecified atom stereocenters. The number of rotatable bonds is 11. The van der Waals surface area contributed by atoms with Crippen LogP contribution in [-0.2, 0) is 47.5 Å². The summed E-state index contributed by atoms with van der Waals surface area (Å²) in [7, 11) is 9.03. The van der Waals surface area contributed by atoms with Crippen LogP contribution in [-0.4, -0.2) is 181 Å². The van der Waals surface area contributed by atoms with Gasteiger partial charge in [0.05, 0.1) is 54.7 Å². The number of nitrogens with zero attached hydrogens (tertiary/aromatic N) is 2. The standard InChI is InChI=1S/C43H74N2O14/c1-24-21-29(19-20-46)39(59-42-37(49)36(45(9)10)38(27(4)56-42)58-35-23-43(6,51)41(50)28(5)55-35)40(52-11)31(47)22-33(48)53-25(2)15-13-12-14-16-32(24)57-34-18-17-30(44(7)8)26(3)54-34/h12-14,16,20,24-32,34-42,47,49-51H,15,17-19,21-23H2,1-11H3/b13-12-,16-14+/t24-,25-,26-,27-,28+,29+,30+,31-,32?,34+,35+,36-,37-,38-,39?,40+,41+,42+,43-/m1/s1. The first-order valence-corrected chi connectivity index (χ1v) is 21.3. The van der Waals surface area contributed by atoms with Crippen molar-refractivity contribution < 1.29 is 67.9 Å². The van der Waals surface area contributed by atoms with Crippen LogP contribution in [0.25, 0.3) is 0 Å². The summed E-state index contributed by atoms with van der Waals surface area (Å²) in [5.41, 5.74) is -1.47. The fourth-order valence-corrected chi connectivity index (χ4v) is 9.10. The lowest BCUT2D eigenvalue weighted by atomic mass is 9.82. The van der Waals surface area contributed by atoms with Crippen LogP contribution in [0.5, 0.6) is 0 Å². The fraction of sp³-hybridized carbons (Fsp3) is 0.860. The molecule has 4 aliphatic rings. The Kier molecular flexibility index (Phi) is 18.9. The third-order valence-corrected chi connectivity index (χ3v) is 12.4. The SMILES string of the molecule is CO[C@@H]1C(O[C@@H]2O[C@H](C)[C@@H](O[C@H]3C[C@@](C)(O)[C@@H](O)[C@H](C)O3)[C@H](N(C)C)[C@H]2O)[C@@H](CC=O)C[C@@H](C)C(O[C@H]2CC[C@H](N(C)C)[C@@H](C)O2)/C=C/C=C\C[C@@H](C)OC(=O)C[C@H]1O. The van der Waals surface area contributed by atoms with Gasteiger partial charge in [-0.25, -0.2) is 0 Å². The molecule has 3 saturated heterocycles. The van der Waals surface area contributed by atoms with E-state index in [4.69, 9.17) is 37.9 Å². The van der Waals surface area contributed by atoms with Crippen LogP contribution >= 0.6 is 0 Å². The van der Waals surface area contributed by atoms with E-state index < -0.39 is 110 Å². The van der Waals surface area contributed by atoms with Crippen LogP contribution in [0.4, 0.5) is 0 Å². The molecule has 0 aromatic carbocycles. The molecule has 0 saturated carbocycles. The first kappa shape index (κ1) is 49.8. The summed E-state index contributed by atoms with van der Waals surface area (Å²) in [6.45, 7) is 10.8. The number of aldehydes is 1. The number of carbonyl (C=O) groups excluding carboxylic acids is 2. The molecule has 59 heavy (non-hydrogen) atoms. The summed E-state index contributed by atoms with van der Waals surface area (Å²) < 4.78 is 50.0. The smallest absolute Gasteiger partial charge is 0.308 e. The van der Waals surface area contributed by atoms with Crippen molar-refractivity contribution in [2.45, 2.75) is 190 Å². The third kappa shape index (κ3) is 13.3. The van der Waals surface area contributed by atoms with Gasteiger partial charge in [-0.05, 0) is 93.9 Å². The Balaban J connectivity index is 1.66. The number of methoxy groups -OCH3 is 1. The first-order valence-electron chi connectivity index (χ1n) is 21.3. The summed E-state index contributed by atoms with van der Waals surface area (Å²) in [5, 5.41) is 45.1. The van der Waals surface area contributed by atoms with Crippen molar-refractivity contribution in [1.82, 2.24) is 9.80 Å². The van der Waals surface area contributed by atoms with E-state index in [1.807, 2.05) is 52.2 Å². The summed E-state index contributed by atoms with van der Waals surface area (Å²) in [6, 6.07) is -0.466. The van der Waals surface area contributed by atoms with Crippen LogP contribution in [0.2, 0.25) is 0 Å². The molecule has 4 heterocycles. The zero-order valence-corrected chi connectivity index (χ0v) is 37.0. The van der Waals surface area contributed by atoms with E-state index in [2.05, 4.69) is 4.90 Å². The summed E-state index contributed by atoms with van der Waals surface area (Å²) in [5.74, 6) is -1.47. The Labute approximate surface area is 351 Å². The Morgan fingerprint density at radius 2 is 1.56 bits per heavy atom. The molecule has 0 spiro atoms. The Hall–Kier alpha value is -1.90. The number of allylic oxidation sites excluding steroid dienone is 2. The maximum absolute atomic E-state index is 13.1. The van der Waals surface area contributed by atoms with Gasteiger partial charge in [0, 0.05) is 32.4 Å². The maximum atomic E-state index is 13.1. The van der Waals surface area contributed by atoms with Gasteiger partial charge in [-0.1, -0.05) is 31.2 Å². The van der Waals surface area contributed by atoms with Crippen LogP contribution in [0.1, 0.15) is 86.5 Å². The quantitative estimate of drug-likeness (QED) is 0.175. The van der Waals surface area contributed by atoms with E-state index >= 15 is 0 Å². The minimum Gasteiger partial charge on any atom is -0.462 e. The molecule has 0 aromatic heterocycles. The molecule has 4 rings (SSSR count). The van der Waals surface area contributed by atoms with Crippen LogP contribution in [0.15, 0.2) is 24.3 Å². The first-order chi connectivity index (χ1) is 27.8. The van der Waals surface area contributed by atoms with E-state index in [0.29, 0.717) is 19.3 Å². The minimum absolute atomic E-state index is 0.00885. The van der Waals surface area contributed by atoms with Crippen molar-refractivity contribution in [2.24, 2.45) is 11.8 Å². The van der Waals surface area contributed by atoms with Crippen LogP contribution in [0.3, 0.4) is 0 Å². The molecule has 0 aliphatic carbocycles. The number of cyclic esters (lactones) is 1. The summed E-state index contributed by atoms with van der Waals surface area (Å²) in [6.07, 6.45) is -1.56. The van der Waals surface area contributed by atoms with Crippen molar-refractivity contribution in [1.29, 1.82) is 0 Å². The third-order valence-electron chi connectivity index (χ3n) is 12.4. The second-order valence-corrected chi connectivity index (χ2v) is 17.8. The molecule has 16 nitrogen and oxygen atoms in total. The van der Waals surface area contributed by atoms with Crippen LogP contribution < -0.4 is 0 Å². The monoisotopic (exact) mass is 843 g/mol. The predicted molar refractivity (Wildman–Crippen MR) is 217 cm³/mol. The van der Waals surface area contributed by atoms with E-state index in [9.17, 15) is 30.0 Å². The molecule has 340 valence electrons. The van der Waals surface area contributed by atoms with Crippen molar-refractivity contribution in [3.8, 4) is 0 Å². The number of ether oxygens (including phenoxy) is 8. The average molecular weight is 843 g/mol. The van der Waals surface area contributed by atoms with E-state index in [1.165, 1.54) is 14.0 Å². The van der Waals surface area contributed by atoms with Gasteiger partial charge in [0.15, 0.2) is 18.9 Å². The molecule has 4 aliphatic heterocycles. The van der Waals surface area contributed by atoms with Crippen LogP contribution in [0, 0.1) is 11.8 Å². The van der Waals surface area contributed by atoms with Gasteiger partial charge in [-0.3, -0.25) is 4.79 Å². The molecule has 4 N–H and O–H groups in total. The average Bonchev–Trinajstić information content (AvgIpc) is 3.13. The molecule has 0 aromatic rings. The largest absolute Gasteiger partial charge is 0.462 e. The number of carbonyl (C=O) groups is 2. The van der Waals surface area contributed by atoms with Crippen molar-refractivity contribution in [3.05, 3.63) is 24.3 Å². The van der Waals surface area contributed by atoms with E-state index in [1.54, 1.807) is 39.8 Å². The van der Waals surface area contributed by atoms with Gasteiger partial charge in [-0.15, -0.1) is 0 Å². The van der Waals surface area contributed by atoms with Gasteiger partial charge in [0.1, 0.15) is 36.8 Å².